The second-order valence-electron chi connectivity index (χ2n) is 10.4. The summed E-state index contributed by atoms with van der Waals surface area (Å²) in [6.45, 7) is 3.86. The van der Waals surface area contributed by atoms with Crippen LogP contribution in [0.25, 0.3) is 17.0 Å². The van der Waals surface area contributed by atoms with Crippen LogP contribution in [0, 0.1) is 0 Å². The van der Waals surface area contributed by atoms with E-state index in [2.05, 4.69) is 29.7 Å². The second kappa shape index (κ2) is 12.0. The van der Waals surface area contributed by atoms with Crippen LogP contribution in [0.1, 0.15) is 30.9 Å². The van der Waals surface area contributed by atoms with Crippen molar-refractivity contribution in [2.75, 3.05) is 72.5 Å². The van der Waals surface area contributed by atoms with Crippen molar-refractivity contribution in [3.8, 4) is 11.7 Å². The summed E-state index contributed by atoms with van der Waals surface area (Å²) in [6, 6.07) is 5.05. The Bertz CT molecular complexity index is 1440. The number of methoxy groups -OCH3 is 1. The second-order valence-corrected chi connectivity index (χ2v) is 10.4. The Kier molecular flexibility index (Phi) is 8.42. The Balaban J connectivity index is 1.56. The van der Waals surface area contributed by atoms with Crippen LogP contribution in [0.3, 0.4) is 0 Å². The Labute approximate surface area is 237 Å². The van der Waals surface area contributed by atoms with Crippen molar-refractivity contribution in [1.82, 2.24) is 34.3 Å². The molecule has 1 aromatic carbocycles. The van der Waals surface area contributed by atoms with Gasteiger partial charge in [-0.2, -0.15) is 15.0 Å². The summed E-state index contributed by atoms with van der Waals surface area (Å²) in [7, 11) is 7.55. The van der Waals surface area contributed by atoms with E-state index in [1.807, 2.05) is 32.1 Å². The highest BCUT2D eigenvalue weighted by Gasteiger charge is 2.34. The van der Waals surface area contributed by atoms with Gasteiger partial charge in [-0.25, -0.2) is 18.8 Å². The van der Waals surface area contributed by atoms with Crippen LogP contribution in [-0.4, -0.2) is 108 Å². The molecule has 220 valence electrons. The Morgan fingerprint density at radius 2 is 1.83 bits per heavy atom. The van der Waals surface area contributed by atoms with Gasteiger partial charge in [0.1, 0.15) is 22.6 Å². The predicted molar refractivity (Wildman–Crippen MR) is 152 cm³/mol. The van der Waals surface area contributed by atoms with Crippen molar-refractivity contribution in [1.29, 1.82) is 0 Å². The third-order valence-corrected chi connectivity index (χ3v) is 7.15. The first-order chi connectivity index (χ1) is 19.7. The molecule has 0 bridgehead atoms. The molecule has 2 aliphatic rings. The molecule has 12 nitrogen and oxygen atoms in total. The zero-order chi connectivity index (χ0) is 29.1. The topological polar surface area (TPSA) is 123 Å². The first-order valence-electron chi connectivity index (χ1n) is 13.5. The fraction of sp³-hybridized carbons (Fsp3) is 0.519. The molecule has 0 radical (unpaired) electrons. The van der Waals surface area contributed by atoms with E-state index in [0.717, 1.165) is 25.3 Å². The number of hydrogen-bond acceptors (Lipinski definition) is 11. The number of imidazole rings is 1. The highest BCUT2D eigenvalue weighted by molar-refractivity contribution is 5.84. The molecule has 1 unspecified atom stereocenters. The molecule has 1 fully saturated rings. The van der Waals surface area contributed by atoms with Crippen LogP contribution in [-0.2, 0) is 10.3 Å². The SMILES string of the molecule is COc1cccc2c1nc(C(F)F)n2-c1nc(N2CCOCC2)nc(C2(N)C=NC(N(C)CCCN(C)C)=CC2)n1. The van der Waals surface area contributed by atoms with E-state index in [4.69, 9.17) is 20.2 Å². The van der Waals surface area contributed by atoms with Gasteiger partial charge in [-0.15, -0.1) is 0 Å². The summed E-state index contributed by atoms with van der Waals surface area (Å²) in [4.78, 5) is 29.0. The number of hydrogen-bond donors (Lipinski definition) is 1. The summed E-state index contributed by atoms with van der Waals surface area (Å²) < 4.78 is 40.8. The maximum atomic E-state index is 14.3. The molecule has 0 aliphatic carbocycles. The number of aromatic nitrogens is 5. The van der Waals surface area contributed by atoms with Crippen molar-refractivity contribution >= 4 is 23.2 Å². The van der Waals surface area contributed by atoms with Crippen molar-refractivity contribution in [3.63, 3.8) is 0 Å². The molecule has 2 aromatic heterocycles. The fourth-order valence-electron chi connectivity index (χ4n) is 4.87. The summed E-state index contributed by atoms with van der Waals surface area (Å²) in [5.74, 6) is 1.22. The van der Waals surface area contributed by atoms with Crippen LogP contribution in [0.4, 0.5) is 14.7 Å². The van der Waals surface area contributed by atoms with Crippen molar-refractivity contribution < 1.29 is 18.3 Å². The van der Waals surface area contributed by atoms with Crippen molar-refractivity contribution in [2.24, 2.45) is 10.7 Å². The van der Waals surface area contributed by atoms with Gasteiger partial charge in [-0.3, -0.25) is 4.57 Å². The molecular weight excluding hydrogens is 534 g/mol. The third-order valence-electron chi connectivity index (χ3n) is 7.15. The Morgan fingerprint density at radius 3 is 2.49 bits per heavy atom. The predicted octanol–water partition coefficient (Wildman–Crippen LogP) is 2.35. The average Bonchev–Trinajstić information content (AvgIpc) is 3.38. The first kappa shape index (κ1) is 28.8. The smallest absolute Gasteiger partial charge is 0.296 e. The fourth-order valence-corrected chi connectivity index (χ4v) is 4.87. The minimum absolute atomic E-state index is 0.00338. The van der Waals surface area contributed by atoms with E-state index in [9.17, 15) is 8.78 Å². The number of ether oxygens (including phenoxy) is 2. The molecule has 0 saturated carbocycles. The van der Waals surface area contributed by atoms with Gasteiger partial charge in [0, 0.05) is 32.9 Å². The van der Waals surface area contributed by atoms with Crippen molar-refractivity contribution in [2.45, 2.75) is 24.8 Å². The number of alkyl halides is 2. The zero-order valence-corrected chi connectivity index (χ0v) is 23.8. The zero-order valence-electron chi connectivity index (χ0n) is 23.8. The van der Waals surface area contributed by atoms with Gasteiger partial charge in [-0.05, 0) is 51.7 Å². The van der Waals surface area contributed by atoms with E-state index in [1.54, 1.807) is 24.4 Å². The van der Waals surface area contributed by atoms with Gasteiger partial charge in [0.2, 0.25) is 11.9 Å². The van der Waals surface area contributed by atoms with Gasteiger partial charge < -0.3 is 29.9 Å². The summed E-state index contributed by atoms with van der Waals surface area (Å²) in [5.41, 5.74) is 6.34. The van der Waals surface area contributed by atoms with Crippen LogP contribution >= 0.6 is 0 Å². The molecule has 2 aliphatic heterocycles. The average molecular weight is 571 g/mol. The molecular formula is C27H36F2N10O2. The van der Waals surface area contributed by atoms with Crippen LogP contribution < -0.4 is 15.4 Å². The molecule has 1 saturated heterocycles. The monoisotopic (exact) mass is 570 g/mol. The molecule has 3 aromatic rings. The molecule has 4 heterocycles. The lowest BCUT2D eigenvalue weighted by Gasteiger charge is -2.31. The van der Waals surface area contributed by atoms with Crippen LogP contribution in [0.2, 0.25) is 0 Å². The standard InChI is InChI=1S/C27H36F2N10O2/c1-36(2)11-6-12-37(3)20-9-10-27(30,17-31-20)24-33-25(38-13-15-41-16-14-38)35-26(34-24)39-18-7-5-8-19(40-4)21(18)32-23(39)22(28)29/h5,7-9,17,22H,6,10-16,30H2,1-4H3. The largest absolute Gasteiger partial charge is 0.494 e. The quantitative estimate of drug-likeness (QED) is 0.389. The molecule has 5 rings (SSSR count). The first-order valence-corrected chi connectivity index (χ1v) is 13.5. The summed E-state index contributed by atoms with van der Waals surface area (Å²) >= 11 is 0. The lowest BCUT2D eigenvalue weighted by atomic mass is 9.95. The van der Waals surface area contributed by atoms with Gasteiger partial charge in [0.05, 0.1) is 25.8 Å². The number of fused-ring (bicyclic) bond motifs is 1. The number of rotatable bonds is 10. The Hall–Kier alpha value is -3.75. The van der Waals surface area contributed by atoms with Gasteiger partial charge in [0.15, 0.2) is 11.6 Å². The summed E-state index contributed by atoms with van der Waals surface area (Å²) in [6.07, 6.45) is 2.05. The number of morpholine rings is 1. The van der Waals surface area contributed by atoms with Gasteiger partial charge >= 0.3 is 0 Å². The molecule has 14 heteroatoms. The van der Waals surface area contributed by atoms with Crippen molar-refractivity contribution in [3.05, 3.63) is 41.7 Å². The molecule has 2 N–H and O–H groups in total. The van der Waals surface area contributed by atoms with E-state index in [-0.39, 0.29) is 17.3 Å². The van der Waals surface area contributed by atoms with E-state index in [1.165, 1.54) is 11.7 Å². The number of para-hydroxylation sites is 1. The van der Waals surface area contributed by atoms with E-state index < -0.39 is 17.8 Å². The minimum atomic E-state index is -2.89. The van der Waals surface area contributed by atoms with E-state index >= 15 is 0 Å². The molecule has 0 spiro atoms. The summed E-state index contributed by atoms with van der Waals surface area (Å²) in [5, 5.41) is 0. The normalized spacial score (nSPS) is 19.3. The van der Waals surface area contributed by atoms with Crippen LogP contribution in [0.15, 0.2) is 35.1 Å². The maximum Gasteiger partial charge on any atom is 0.296 e. The molecule has 0 amide bonds. The number of halogens is 2. The maximum absolute atomic E-state index is 14.3. The Morgan fingerprint density at radius 1 is 1.07 bits per heavy atom. The third kappa shape index (κ3) is 5.99. The number of nitrogens with zero attached hydrogens (tertiary/aromatic N) is 9. The van der Waals surface area contributed by atoms with Crippen LogP contribution in [0.5, 0.6) is 5.75 Å². The van der Waals surface area contributed by atoms with Gasteiger partial charge in [-0.1, -0.05) is 6.07 Å². The number of nitrogens with two attached hydrogens (primary N) is 1. The number of anilines is 1. The highest BCUT2D eigenvalue weighted by Crippen LogP contribution is 2.33. The lowest BCUT2D eigenvalue weighted by Crippen LogP contribution is -2.44. The molecule has 1 atom stereocenters. The lowest BCUT2D eigenvalue weighted by molar-refractivity contribution is 0.122. The number of aliphatic imine (C=N–C) groups is 1. The number of benzene rings is 1. The molecule has 41 heavy (non-hydrogen) atoms. The van der Waals surface area contributed by atoms with Gasteiger partial charge in [0.25, 0.3) is 6.43 Å². The highest BCUT2D eigenvalue weighted by atomic mass is 19.3. The van der Waals surface area contributed by atoms with E-state index in [0.29, 0.717) is 49.9 Å². The minimum Gasteiger partial charge on any atom is -0.494 e.